The Kier molecular flexibility index (Phi) is 11.5. The number of amides is 2. The van der Waals surface area contributed by atoms with E-state index in [1.165, 1.54) is 7.11 Å². The van der Waals surface area contributed by atoms with Crippen molar-refractivity contribution >= 4 is 18.0 Å². The fourth-order valence-corrected chi connectivity index (χ4v) is 3.07. The molecule has 1 heterocycles. The summed E-state index contributed by atoms with van der Waals surface area (Å²) in [6.45, 7) is 3.69. The van der Waals surface area contributed by atoms with Gasteiger partial charge >= 0.3 is 12.1 Å². The van der Waals surface area contributed by atoms with Gasteiger partial charge < -0.3 is 19.7 Å². The van der Waals surface area contributed by atoms with Crippen molar-refractivity contribution in [3.8, 4) is 0 Å². The molecule has 150 valence electrons. The van der Waals surface area contributed by atoms with Crippen molar-refractivity contribution < 1.29 is 23.9 Å². The second-order valence-electron chi connectivity index (χ2n) is 6.75. The molecule has 7 nitrogen and oxygen atoms in total. The average molecular weight is 370 g/mol. The van der Waals surface area contributed by atoms with Crippen LogP contribution in [0.3, 0.4) is 0 Å². The summed E-state index contributed by atoms with van der Waals surface area (Å²) >= 11 is 0. The van der Waals surface area contributed by atoms with Crippen LogP contribution >= 0.6 is 0 Å². The molecule has 1 rings (SSSR count). The van der Waals surface area contributed by atoms with Gasteiger partial charge in [-0.15, -0.1) is 0 Å². The van der Waals surface area contributed by atoms with Crippen LogP contribution in [0.4, 0.5) is 4.79 Å². The van der Waals surface area contributed by atoms with Gasteiger partial charge in [-0.3, -0.25) is 9.59 Å². The Morgan fingerprint density at radius 3 is 2.65 bits per heavy atom. The topological polar surface area (TPSA) is 84.9 Å². The molecule has 1 aliphatic rings. The zero-order chi connectivity index (χ0) is 19.2. The molecule has 0 aromatic heterocycles. The lowest BCUT2D eigenvalue weighted by Crippen LogP contribution is -2.38. The standard InChI is InChI=1S/C19H34N2O5/c1-3-4-8-13-20-19(24)26-15-16-11-12-17(22)21(16)14-9-6-5-7-10-18(23)25-2/h16H,3-15H2,1-2H3,(H,20,24). The molecule has 1 atom stereocenters. The Labute approximate surface area is 156 Å². The van der Waals surface area contributed by atoms with E-state index in [0.717, 1.165) is 51.4 Å². The highest BCUT2D eigenvalue weighted by Gasteiger charge is 2.31. The Balaban J connectivity index is 2.17. The largest absolute Gasteiger partial charge is 0.469 e. The van der Waals surface area contributed by atoms with Crippen LogP contribution in [0.2, 0.25) is 0 Å². The summed E-state index contributed by atoms with van der Waals surface area (Å²) in [5.74, 6) is -0.0404. The van der Waals surface area contributed by atoms with Crippen LogP contribution in [0.5, 0.6) is 0 Å². The molecule has 1 fully saturated rings. The molecule has 0 radical (unpaired) electrons. The molecular weight excluding hydrogens is 336 g/mol. The van der Waals surface area contributed by atoms with Gasteiger partial charge in [-0.2, -0.15) is 0 Å². The van der Waals surface area contributed by atoms with E-state index >= 15 is 0 Å². The molecule has 1 saturated heterocycles. The molecule has 7 heteroatoms. The summed E-state index contributed by atoms with van der Waals surface area (Å²) < 4.78 is 9.88. The monoisotopic (exact) mass is 370 g/mol. The predicted octanol–water partition coefficient (Wildman–Crippen LogP) is 3.02. The molecule has 0 aromatic carbocycles. The van der Waals surface area contributed by atoms with Gasteiger partial charge in [0.05, 0.1) is 13.2 Å². The van der Waals surface area contributed by atoms with Crippen molar-refractivity contribution in [1.82, 2.24) is 10.2 Å². The molecule has 1 unspecified atom stereocenters. The van der Waals surface area contributed by atoms with Crippen molar-refractivity contribution in [3.05, 3.63) is 0 Å². The van der Waals surface area contributed by atoms with Crippen molar-refractivity contribution in [2.45, 2.75) is 77.2 Å². The maximum absolute atomic E-state index is 12.0. The third kappa shape index (κ3) is 9.06. The lowest BCUT2D eigenvalue weighted by Gasteiger charge is -2.24. The SMILES string of the molecule is CCCCCNC(=O)OCC1CCC(=O)N1CCCCCCC(=O)OC. The highest BCUT2D eigenvalue weighted by atomic mass is 16.5. The predicted molar refractivity (Wildman–Crippen MR) is 98.7 cm³/mol. The molecule has 0 saturated carbocycles. The second kappa shape index (κ2) is 13.4. The Bertz CT molecular complexity index is 442. The first kappa shape index (κ1) is 22.3. The zero-order valence-electron chi connectivity index (χ0n) is 16.3. The van der Waals surface area contributed by atoms with E-state index in [-0.39, 0.29) is 24.5 Å². The number of rotatable bonds is 13. The van der Waals surface area contributed by atoms with Gasteiger partial charge in [-0.05, 0) is 25.7 Å². The van der Waals surface area contributed by atoms with Crippen LogP contribution in [-0.2, 0) is 19.1 Å². The summed E-state index contributed by atoms with van der Waals surface area (Å²) in [6, 6.07) is -0.0149. The smallest absolute Gasteiger partial charge is 0.407 e. The second-order valence-corrected chi connectivity index (χ2v) is 6.75. The first-order chi connectivity index (χ1) is 12.6. The van der Waals surface area contributed by atoms with Crippen molar-refractivity contribution in [2.75, 3.05) is 26.8 Å². The molecule has 0 spiro atoms. The fraction of sp³-hybridized carbons (Fsp3) is 0.842. The van der Waals surface area contributed by atoms with E-state index in [2.05, 4.69) is 17.0 Å². The highest BCUT2D eigenvalue weighted by molar-refractivity contribution is 5.78. The number of unbranched alkanes of at least 4 members (excludes halogenated alkanes) is 5. The first-order valence-corrected chi connectivity index (χ1v) is 9.85. The molecule has 0 bridgehead atoms. The van der Waals surface area contributed by atoms with E-state index in [4.69, 9.17) is 4.74 Å². The number of carbonyl (C=O) groups excluding carboxylic acids is 3. The normalized spacial score (nSPS) is 16.6. The number of nitrogens with one attached hydrogen (secondary N) is 1. The van der Waals surface area contributed by atoms with Crippen LogP contribution in [0.15, 0.2) is 0 Å². The fourth-order valence-electron chi connectivity index (χ4n) is 3.07. The van der Waals surface area contributed by atoms with E-state index < -0.39 is 6.09 Å². The quantitative estimate of drug-likeness (QED) is 0.398. The number of hydrogen-bond acceptors (Lipinski definition) is 5. The van der Waals surface area contributed by atoms with Crippen LogP contribution in [0.25, 0.3) is 0 Å². The number of nitrogens with zero attached hydrogens (tertiary/aromatic N) is 1. The number of carbonyl (C=O) groups is 3. The summed E-state index contributed by atoms with van der Waals surface area (Å²) in [4.78, 5) is 36.6. The summed E-state index contributed by atoms with van der Waals surface area (Å²) in [7, 11) is 1.40. The van der Waals surface area contributed by atoms with Crippen molar-refractivity contribution in [2.24, 2.45) is 0 Å². The number of hydrogen-bond donors (Lipinski definition) is 1. The molecule has 26 heavy (non-hydrogen) atoms. The van der Waals surface area contributed by atoms with Gasteiger partial charge in [0, 0.05) is 25.9 Å². The zero-order valence-corrected chi connectivity index (χ0v) is 16.3. The Hall–Kier alpha value is -1.79. The van der Waals surface area contributed by atoms with Crippen LogP contribution in [0, 0.1) is 0 Å². The number of methoxy groups -OCH3 is 1. The van der Waals surface area contributed by atoms with Gasteiger partial charge in [0.1, 0.15) is 6.61 Å². The average Bonchev–Trinajstić information content (AvgIpc) is 2.99. The minimum atomic E-state index is -0.400. The molecule has 1 aliphatic heterocycles. The van der Waals surface area contributed by atoms with Gasteiger partial charge in [0.15, 0.2) is 0 Å². The molecule has 0 aromatic rings. The van der Waals surface area contributed by atoms with Gasteiger partial charge in [-0.1, -0.05) is 32.6 Å². The van der Waals surface area contributed by atoms with E-state index in [1.54, 1.807) is 0 Å². The highest BCUT2D eigenvalue weighted by Crippen LogP contribution is 2.20. The lowest BCUT2D eigenvalue weighted by molar-refractivity contribution is -0.140. The lowest BCUT2D eigenvalue weighted by atomic mass is 10.1. The molecule has 0 aliphatic carbocycles. The van der Waals surface area contributed by atoms with E-state index in [1.807, 2.05) is 4.90 Å². The first-order valence-electron chi connectivity index (χ1n) is 9.85. The minimum absolute atomic E-state index is 0.0149. The third-order valence-electron chi connectivity index (χ3n) is 4.67. The van der Waals surface area contributed by atoms with Crippen LogP contribution in [-0.4, -0.2) is 55.7 Å². The van der Waals surface area contributed by atoms with Crippen molar-refractivity contribution in [1.29, 1.82) is 0 Å². The van der Waals surface area contributed by atoms with Crippen LogP contribution < -0.4 is 5.32 Å². The summed E-state index contributed by atoms with van der Waals surface area (Å²) in [5, 5.41) is 2.75. The van der Waals surface area contributed by atoms with Crippen molar-refractivity contribution in [3.63, 3.8) is 0 Å². The van der Waals surface area contributed by atoms with Gasteiger partial charge in [0.25, 0.3) is 0 Å². The number of alkyl carbamates (subject to hydrolysis) is 1. The van der Waals surface area contributed by atoms with E-state index in [0.29, 0.717) is 25.9 Å². The Morgan fingerprint density at radius 1 is 1.15 bits per heavy atom. The maximum atomic E-state index is 12.0. The minimum Gasteiger partial charge on any atom is -0.469 e. The Morgan fingerprint density at radius 2 is 1.92 bits per heavy atom. The van der Waals surface area contributed by atoms with E-state index in [9.17, 15) is 14.4 Å². The maximum Gasteiger partial charge on any atom is 0.407 e. The summed E-state index contributed by atoms with van der Waals surface area (Å²) in [5.41, 5.74) is 0. The molecule has 1 N–H and O–H groups in total. The van der Waals surface area contributed by atoms with Crippen LogP contribution in [0.1, 0.15) is 71.1 Å². The number of esters is 1. The molecule has 2 amide bonds. The molecular formula is C19H34N2O5. The third-order valence-corrected chi connectivity index (χ3v) is 4.67. The van der Waals surface area contributed by atoms with Gasteiger partial charge in [0.2, 0.25) is 5.91 Å². The number of likely N-dealkylation sites (tertiary alicyclic amines) is 1. The number of ether oxygens (including phenoxy) is 2. The summed E-state index contributed by atoms with van der Waals surface area (Å²) in [6.07, 6.45) is 8.08. The van der Waals surface area contributed by atoms with Gasteiger partial charge in [-0.25, -0.2) is 4.79 Å².